The summed E-state index contributed by atoms with van der Waals surface area (Å²) in [6, 6.07) is 4.83. The van der Waals surface area contributed by atoms with Gasteiger partial charge in [0.1, 0.15) is 17.7 Å². The summed E-state index contributed by atoms with van der Waals surface area (Å²) in [4.78, 5) is 0. The number of ether oxygens (including phenoxy) is 1. The van der Waals surface area contributed by atoms with E-state index in [9.17, 15) is 4.39 Å². The molecular weight excluding hydrogens is 273 g/mol. The summed E-state index contributed by atoms with van der Waals surface area (Å²) >= 11 is 3.11. The summed E-state index contributed by atoms with van der Waals surface area (Å²) in [5.41, 5.74) is 0. The van der Waals surface area contributed by atoms with Crippen LogP contribution in [0.4, 0.5) is 4.39 Å². The summed E-state index contributed by atoms with van der Waals surface area (Å²) < 4.78 is 19.4. The molecule has 0 aliphatic heterocycles. The number of nitrogens with one attached hydrogen (secondary N) is 1. The standard InChI is InChI=1S/C12H17BrFNO/c1-3-4-10(8-15-2)16-9-5-6-11(13)12(14)7-9/h5-7,10,15H,3-4,8H2,1-2H3. The highest BCUT2D eigenvalue weighted by atomic mass is 79.9. The minimum absolute atomic E-state index is 0.0931. The highest BCUT2D eigenvalue weighted by molar-refractivity contribution is 9.10. The molecule has 0 aliphatic rings. The molecule has 0 amide bonds. The van der Waals surface area contributed by atoms with Gasteiger partial charge in [0.15, 0.2) is 0 Å². The normalized spacial score (nSPS) is 12.5. The number of hydrogen-bond acceptors (Lipinski definition) is 2. The average molecular weight is 290 g/mol. The lowest BCUT2D eigenvalue weighted by atomic mass is 10.2. The maximum atomic E-state index is 13.3. The molecule has 0 radical (unpaired) electrons. The zero-order valence-electron chi connectivity index (χ0n) is 9.59. The van der Waals surface area contributed by atoms with Gasteiger partial charge in [0.05, 0.1) is 4.47 Å². The first-order chi connectivity index (χ1) is 7.67. The zero-order valence-corrected chi connectivity index (χ0v) is 11.2. The van der Waals surface area contributed by atoms with Crippen molar-refractivity contribution in [2.24, 2.45) is 0 Å². The van der Waals surface area contributed by atoms with Crippen molar-refractivity contribution in [1.82, 2.24) is 5.32 Å². The van der Waals surface area contributed by atoms with Crippen LogP contribution in [0.5, 0.6) is 5.75 Å². The van der Waals surface area contributed by atoms with Gasteiger partial charge in [-0.05, 0) is 41.5 Å². The van der Waals surface area contributed by atoms with Crippen molar-refractivity contribution in [2.75, 3.05) is 13.6 Å². The van der Waals surface area contributed by atoms with Crippen molar-refractivity contribution >= 4 is 15.9 Å². The molecular formula is C12H17BrFNO. The van der Waals surface area contributed by atoms with E-state index in [2.05, 4.69) is 28.2 Å². The molecule has 1 atom stereocenters. The number of hydrogen-bond donors (Lipinski definition) is 1. The first-order valence-electron chi connectivity index (χ1n) is 5.43. The maximum Gasteiger partial charge on any atom is 0.141 e. The van der Waals surface area contributed by atoms with Gasteiger partial charge in [-0.3, -0.25) is 0 Å². The van der Waals surface area contributed by atoms with Gasteiger partial charge >= 0.3 is 0 Å². The second kappa shape index (κ2) is 6.86. The summed E-state index contributed by atoms with van der Waals surface area (Å²) in [6.07, 6.45) is 2.10. The maximum absolute atomic E-state index is 13.3. The van der Waals surface area contributed by atoms with Crippen LogP contribution in [-0.4, -0.2) is 19.7 Å². The molecule has 2 nitrogen and oxygen atoms in total. The van der Waals surface area contributed by atoms with Crippen LogP contribution in [0.15, 0.2) is 22.7 Å². The summed E-state index contributed by atoms with van der Waals surface area (Å²) in [5.74, 6) is 0.284. The Bertz CT molecular complexity index is 327. The van der Waals surface area contributed by atoms with Crippen molar-refractivity contribution < 1.29 is 9.13 Å². The summed E-state index contributed by atoms with van der Waals surface area (Å²) in [5, 5.41) is 3.07. The third kappa shape index (κ3) is 4.10. The zero-order chi connectivity index (χ0) is 12.0. The van der Waals surface area contributed by atoms with E-state index in [0.717, 1.165) is 19.4 Å². The van der Waals surface area contributed by atoms with Crippen molar-refractivity contribution in [2.45, 2.75) is 25.9 Å². The van der Waals surface area contributed by atoms with Gasteiger partial charge in [-0.2, -0.15) is 0 Å². The van der Waals surface area contributed by atoms with Gasteiger partial charge in [0.2, 0.25) is 0 Å². The highest BCUT2D eigenvalue weighted by Crippen LogP contribution is 2.22. The van der Waals surface area contributed by atoms with Gasteiger partial charge < -0.3 is 10.1 Å². The predicted molar refractivity (Wildman–Crippen MR) is 67.4 cm³/mol. The topological polar surface area (TPSA) is 21.3 Å². The van der Waals surface area contributed by atoms with E-state index in [-0.39, 0.29) is 11.9 Å². The first kappa shape index (κ1) is 13.5. The lowest BCUT2D eigenvalue weighted by Gasteiger charge is -2.18. The summed E-state index contributed by atoms with van der Waals surface area (Å²) in [7, 11) is 1.88. The van der Waals surface area contributed by atoms with E-state index >= 15 is 0 Å². The van der Waals surface area contributed by atoms with Gasteiger partial charge in [-0.1, -0.05) is 13.3 Å². The summed E-state index contributed by atoms with van der Waals surface area (Å²) in [6.45, 7) is 2.87. The Morgan fingerprint density at radius 3 is 2.81 bits per heavy atom. The van der Waals surface area contributed by atoms with Crippen molar-refractivity contribution in [3.8, 4) is 5.75 Å². The lowest BCUT2D eigenvalue weighted by molar-refractivity contribution is 0.188. The lowest BCUT2D eigenvalue weighted by Crippen LogP contribution is -2.29. The molecule has 0 fully saturated rings. The minimum Gasteiger partial charge on any atom is -0.489 e. The molecule has 4 heteroatoms. The Morgan fingerprint density at radius 2 is 2.25 bits per heavy atom. The molecule has 0 aliphatic carbocycles. The second-order valence-electron chi connectivity index (χ2n) is 3.66. The monoisotopic (exact) mass is 289 g/mol. The van der Waals surface area contributed by atoms with E-state index < -0.39 is 0 Å². The Hall–Kier alpha value is -0.610. The molecule has 1 unspecified atom stereocenters. The van der Waals surface area contributed by atoms with Crippen molar-refractivity contribution in [1.29, 1.82) is 0 Å². The van der Waals surface area contributed by atoms with Crippen LogP contribution >= 0.6 is 15.9 Å². The molecule has 1 rings (SSSR count). The highest BCUT2D eigenvalue weighted by Gasteiger charge is 2.09. The third-order valence-corrected chi connectivity index (χ3v) is 2.88. The third-order valence-electron chi connectivity index (χ3n) is 2.24. The van der Waals surface area contributed by atoms with Crippen LogP contribution in [0, 0.1) is 5.82 Å². The molecule has 90 valence electrons. The molecule has 0 heterocycles. The van der Waals surface area contributed by atoms with E-state index in [1.807, 2.05) is 7.05 Å². The van der Waals surface area contributed by atoms with Crippen LogP contribution in [0.25, 0.3) is 0 Å². The van der Waals surface area contributed by atoms with E-state index in [0.29, 0.717) is 10.2 Å². The number of benzene rings is 1. The van der Waals surface area contributed by atoms with Crippen molar-refractivity contribution in [3.63, 3.8) is 0 Å². The van der Waals surface area contributed by atoms with Gasteiger partial charge in [0.25, 0.3) is 0 Å². The fourth-order valence-corrected chi connectivity index (χ4v) is 1.74. The Balaban J connectivity index is 2.65. The molecule has 1 N–H and O–H groups in total. The quantitative estimate of drug-likeness (QED) is 0.867. The van der Waals surface area contributed by atoms with Crippen LogP contribution in [0.1, 0.15) is 19.8 Å². The average Bonchev–Trinajstić information content (AvgIpc) is 2.24. The predicted octanol–water partition coefficient (Wildman–Crippen LogP) is 3.36. The van der Waals surface area contributed by atoms with E-state index in [4.69, 9.17) is 4.74 Å². The van der Waals surface area contributed by atoms with Crippen molar-refractivity contribution in [3.05, 3.63) is 28.5 Å². The molecule has 0 aromatic heterocycles. The molecule has 16 heavy (non-hydrogen) atoms. The minimum atomic E-state index is -0.294. The number of rotatable bonds is 6. The fourth-order valence-electron chi connectivity index (χ4n) is 1.49. The molecule has 1 aromatic rings. The Labute approximate surface area is 104 Å². The van der Waals surface area contributed by atoms with E-state index in [1.54, 1.807) is 12.1 Å². The van der Waals surface area contributed by atoms with Crippen LogP contribution < -0.4 is 10.1 Å². The van der Waals surface area contributed by atoms with Crippen LogP contribution in [0.2, 0.25) is 0 Å². The second-order valence-corrected chi connectivity index (χ2v) is 4.52. The smallest absolute Gasteiger partial charge is 0.141 e. The molecule has 0 spiro atoms. The Morgan fingerprint density at radius 1 is 1.50 bits per heavy atom. The SMILES string of the molecule is CCCC(CNC)Oc1ccc(Br)c(F)c1. The molecule has 0 bridgehead atoms. The van der Waals surface area contributed by atoms with Crippen LogP contribution in [0.3, 0.4) is 0 Å². The van der Waals surface area contributed by atoms with Gasteiger partial charge in [0, 0.05) is 12.6 Å². The van der Waals surface area contributed by atoms with Gasteiger partial charge in [-0.15, -0.1) is 0 Å². The number of likely N-dealkylation sites (N-methyl/N-ethyl adjacent to an activating group) is 1. The first-order valence-corrected chi connectivity index (χ1v) is 6.23. The molecule has 0 saturated carbocycles. The van der Waals surface area contributed by atoms with E-state index in [1.165, 1.54) is 6.07 Å². The number of halogens is 2. The molecule has 0 saturated heterocycles. The van der Waals surface area contributed by atoms with Crippen LogP contribution in [-0.2, 0) is 0 Å². The Kier molecular flexibility index (Phi) is 5.77. The largest absolute Gasteiger partial charge is 0.489 e. The molecule has 1 aromatic carbocycles. The van der Waals surface area contributed by atoms with Gasteiger partial charge in [-0.25, -0.2) is 4.39 Å². The fraction of sp³-hybridized carbons (Fsp3) is 0.500.